The van der Waals surface area contributed by atoms with E-state index in [1.807, 2.05) is 0 Å². The summed E-state index contributed by atoms with van der Waals surface area (Å²) < 4.78 is 23.6. The normalized spacial score (nSPS) is 25.0. The van der Waals surface area contributed by atoms with Gasteiger partial charge in [0.05, 0.1) is 6.26 Å². The fraction of sp³-hybridized carbons (Fsp3) is 0.857. The Morgan fingerprint density at radius 3 is 2.36 bits per heavy atom. The number of carbonyl (C=O) groups is 1. The van der Waals surface area contributed by atoms with Crippen molar-refractivity contribution in [1.29, 1.82) is 0 Å². The Morgan fingerprint density at radius 2 is 2.00 bits per heavy atom. The largest absolute Gasteiger partial charge is 0.465 e. The second-order valence-corrected chi connectivity index (χ2v) is 5.43. The van der Waals surface area contributed by atoms with Crippen LogP contribution in [0.25, 0.3) is 0 Å². The van der Waals surface area contributed by atoms with E-state index in [1.165, 1.54) is 9.21 Å². The molecule has 1 N–H and O–H groups in total. The summed E-state index contributed by atoms with van der Waals surface area (Å²) in [6, 6.07) is -0.282. The van der Waals surface area contributed by atoms with Crippen LogP contribution in [0.15, 0.2) is 0 Å². The molecule has 0 aromatic rings. The highest BCUT2D eigenvalue weighted by molar-refractivity contribution is 7.88. The number of sulfonamides is 1. The lowest BCUT2D eigenvalue weighted by atomic mass is 10.2. The quantitative estimate of drug-likeness (QED) is 0.656. The fourth-order valence-corrected chi connectivity index (χ4v) is 2.41. The standard InChI is InChI=1S/C7H14N2O4S/c1-6-5-8(14(2,12)13)3-4-9(6)7(10)11/h6H,3-5H2,1-2H3,(H,10,11)/t6-/m0/s1. The van der Waals surface area contributed by atoms with E-state index in [1.54, 1.807) is 6.92 Å². The van der Waals surface area contributed by atoms with Crippen LogP contribution in [0.2, 0.25) is 0 Å². The fourth-order valence-electron chi connectivity index (χ4n) is 1.51. The molecule has 1 aliphatic rings. The van der Waals surface area contributed by atoms with Crippen LogP contribution < -0.4 is 0 Å². The number of amides is 1. The van der Waals surface area contributed by atoms with Gasteiger partial charge in [0, 0.05) is 25.7 Å². The summed E-state index contributed by atoms with van der Waals surface area (Å²) in [5.74, 6) is 0. The van der Waals surface area contributed by atoms with E-state index in [0.29, 0.717) is 0 Å². The number of hydrogen-bond donors (Lipinski definition) is 1. The van der Waals surface area contributed by atoms with Crippen LogP contribution in [-0.4, -0.2) is 60.8 Å². The number of carboxylic acid groups (broad SMARTS) is 1. The van der Waals surface area contributed by atoms with Crippen molar-refractivity contribution >= 4 is 16.1 Å². The molecule has 1 atom stereocenters. The molecule has 1 amide bonds. The second kappa shape index (κ2) is 3.74. The molecule has 0 unspecified atom stereocenters. The predicted molar refractivity (Wildman–Crippen MR) is 50.6 cm³/mol. The molecule has 14 heavy (non-hydrogen) atoms. The zero-order valence-electron chi connectivity index (χ0n) is 8.17. The minimum atomic E-state index is -3.19. The first-order valence-electron chi connectivity index (χ1n) is 4.27. The first kappa shape index (κ1) is 11.3. The minimum absolute atomic E-state index is 0.240. The van der Waals surface area contributed by atoms with Gasteiger partial charge in [-0.25, -0.2) is 13.2 Å². The van der Waals surface area contributed by atoms with Crippen LogP contribution in [0, 0.1) is 0 Å². The monoisotopic (exact) mass is 222 g/mol. The van der Waals surface area contributed by atoms with Gasteiger partial charge in [0.25, 0.3) is 0 Å². The maximum atomic E-state index is 11.2. The van der Waals surface area contributed by atoms with Crippen molar-refractivity contribution in [3.05, 3.63) is 0 Å². The van der Waals surface area contributed by atoms with Crippen LogP contribution in [0.3, 0.4) is 0 Å². The third-order valence-corrected chi connectivity index (χ3v) is 3.57. The highest BCUT2D eigenvalue weighted by atomic mass is 32.2. The molecule has 1 aliphatic heterocycles. The lowest BCUT2D eigenvalue weighted by Crippen LogP contribution is -2.54. The SMILES string of the molecule is C[C@H]1CN(S(C)(=O)=O)CCN1C(=O)O. The van der Waals surface area contributed by atoms with Gasteiger partial charge in [-0.1, -0.05) is 0 Å². The summed E-state index contributed by atoms with van der Waals surface area (Å²) in [6.07, 6.45) is 0.140. The average Bonchev–Trinajstić information content (AvgIpc) is 2.01. The van der Waals surface area contributed by atoms with E-state index in [-0.39, 0.29) is 25.7 Å². The van der Waals surface area contributed by atoms with E-state index in [2.05, 4.69) is 0 Å². The lowest BCUT2D eigenvalue weighted by molar-refractivity contribution is 0.0994. The molecule has 1 saturated heterocycles. The Hall–Kier alpha value is -0.820. The van der Waals surface area contributed by atoms with Crippen molar-refractivity contribution in [3.8, 4) is 0 Å². The maximum Gasteiger partial charge on any atom is 0.407 e. The minimum Gasteiger partial charge on any atom is -0.465 e. The van der Waals surface area contributed by atoms with Gasteiger partial charge in [0.15, 0.2) is 0 Å². The van der Waals surface area contributed by atoms with E-state index in [4.69, 9.17) is 5.11 Å². The summed E-state index contributed by atoms with van der Waals surface area (Å²) >= 11 is 0. The first-order valence-corrected chi connectivity index (χ1v) is 6.12. The van der Waals surface area contributed by atoms with E-state index in [0.717, 1.165) is 6.26 Å². The zero-order chi connectivity index (χ0) is 10.9. The molecule has 1 rings (SSSR count). The maximum absolute atomic E-state index is 11.2. The molecular weight excluding hydrogens is 208 g/mol. The Labute approximate surface area is 83.2 Å². The third-order valence-electron chi connectivity index (χ3n) is 2.30. The molecule has 0 aliphatic carbocycles. The van der Waals surface area contributed by atoms with Gasteiger partial charge in [-0.2, -0.15) is 4.31 Å². The molecule has 6 nitrogen and oxygen atoms in total. The predicted octanol–water partition coefficient (Wildman–Crippen LogP) is -0.370. The van der Waals surface area contributed by atoms with Crippen molar-refractivity contribution in [2.24, 2.45) is 0 Å². The van der Waals surface area contributed by atoms with Gasteiger partial charge in [-0.15, -0.1) is 0 Å². The lowest BCUT2D eigenvalue weighted by Gasteiger charge is -2.36. The highest BCUT2D eigenvalue weighted by Crippen LogP contribution is 2.11. The molecule has 0 spiro atoms. The molecule has 1 fully saturated rings. The zero-order valence-corrected chi connectivity index (χ0v) is 8.99. The molecule has 1 heterocycles. The van der Waals surface area contributed by atoms with Crippen LogP contribution in [0.1, 0.15) is 6.92 Å². The number of nitrogens with zero attached hydrogens (tertiary/aromatic N) is 2. The van der Waals surface area contributed by atoms with Crippen molar-refractivity contribution < 1.29 is 18.3 Å². The van der Waals surface area contributed by atoms with Gasteiger partial charge in [0.1, 0.15) is 0 Å². The van der Waals surface area contributed by atoms with Crippen molar-refractivity contribution in [2.45, 2.75) is 13.0 Å². The second-order valence-electron chi connectivity index (χ2n) is 3.45. The summed E-state index contributed by atoms with van der Waals surface area (Å²) in [6.45, 7) is 2.43. The Kier molecular flexibility index (Phi) is 3.01. The Morgan fingerprint density at radius 1 is 1.43 bits per heavy atom. The number of rotatable bonds is 1. The topological polar surface area (TPSA) is 77.9 Å². The molecular formula is C7H14N2O4S. The van der Waals surface area contributed by atoms with Gasteiger partial charge < -0.3 is 10.0 Å². The summed E-state index contributed by atoms with van der Waals surface area (Å²) in [7, 11) is -3.19. The highest BCUT2D eigenvalue weighted by Gasteiger charge is 2.30. The third kappa shape index (κ3) is 2.36. The molecule has 0 radical (unpaired) electrons. The summed E-state index contributed by atoms with van der Waals surface area (Å²) in [5.41, 5.74) is 0. The molecule has 0 bridgehead atoms. The van der Waals surface area contributed by atoms with Crippen molar-refractivity contribution in [2.75, 3.05) is 25.9 Å². The van der Waals surface area contributed by atoms with Gasteiger partial charge in [-0.05, 0) is 6.92 Å². The van der Waals surface area contributed by atoms with Crippen molar-refractivity contribution in [3.63, 3.8) is 0 Å². The summed E-state index contributed by atoms with van der Waals surface area (Å²) in [5, 5.41) is 8.76. The van der Waals surface area contributed by atoms with Gasteiger partial charge in [0.2, 0.25) is 10.0 Å². The molecule has 0 aromatic heterocycles. The van der Waals surface area contributed by atoms with Crippen molar-refractivity contribution in [1.82, 2.24) is 9.21 Å². The van der Waals surface area contributed by atoms with Crippen LogP contribution in [0.4, 0.5) is 4.79 Å². The van der Waals surface area contributed by atoms with Gasteiger partial charge in [-0.3, -0.25) is 0 Å². The molecule has 0 saturated carbocycles. The van der Waals surface area contributed by atoms with Gasteiger partial charge >= 0.3 is 6.09 Å². The molecule has 0 aromatic carbocycles. The van der Waals surface area contributed by atoms with E-state index >= 15 is 0 Å². The number of hydrogen-bond acceptors (Lipinski definition) is 3. The molecule has 7 heteroatoms. The molecule has 82 valence electrons. The number of piperazine rings is 1. The summed E-state index contributed by atoms with van der Waals surface area (Å²) in [4.78, 5) is 11.9. The van der Waals surface area contributed by atoms with Crippen LogP contribution in [0.5, 0.6) is 0 Å². The van der Waals surface area contributed by atoms with E-state index < -0.39 is 16.1 Å². The smallest absolute Gasteiger partial charge is 0.407 e. The average molecular weight is 222 g/mol. The van der Waals surface area contributed by atoms with Crippen LogP contribution in [-0.2, 0) is 10.0 Å². The van der Waals surface area contributed by atoms with E-state index in [9.17, 15) is 13.2 Å². The Balaban J connectivity index is 2.69. The Bertz CT molecular complexity index is 327. The first-order chi connectivity index (χ1) is 6.32. The van der Waals surface area contributed by atoms with Crippen LogP contribution >= 0.6 is 0 Å².